The number of aromatic carboxylic acids is 1. The predicted molar refractivity (Wildman–Crippen MR) is 100.0 cm³/mol. The molecule has 2 rings (SSSR count). The van der Waals surface area contributed by atoms with E-state index < -0.39 is 5.97 Å². The van der Waals surface area contributed by atoms with Crippen LogP contribution in [-0.4, -0.2) is 23.6 Å². The van der Waals surface area contributed by atoms with Crippen LogP contribution in [0.5, 0.6) is 0 Å². The third-order valence-electron chi connectivity index (χ3n) is 4.04. The Balaban J connectivity index is 1.80. The summed E-state index contributed by atoms with van der Waals surface area (Å²) in [5.74, 6) is -0.979. The zero-order valence-corrected chi connectivity index (χ0v) is 15.0. The first kappa shape index (κ1) is 19.7. The summed E-state index contributed by atoms with van der Waals surface area (Å²) < 4.78 is 5.59. The first-order valence-corrected chi connectivity index (χ1v) is 8.83. The Labute approximate surface area is 154 Å². The molecule has 0 atom stereocenters. The molecular formula is C21H25NO4. The van der Waals surface area contributed by atoms with Crippen molar-refractivity contribution in [2.24, 2.45) is 0 Å². The first-order chi connectivity index (χ1) is 12.6. The molecule has 0 aliphatic heterocycles. The highest BCUT2D eigenvalue weighted by atomic mass is 16.5. The molecule has 0 saturated heterocycles. The summed E-state index contributed by atoms with van der Waals surface area (Å²) in [6, 6.07) is 14.5. The van der Waals surface area contributed by atoms with Crippen LogP contribution in [0.2, 0.25) is 0 Å². The number of ether oxygens (including phenoxy) is 1. The zero-order valence-electron chi connectivity index (χ0n) is 15.0. The molecule has 0 fully saturated rings. The Kier molecular flexibility index (Phi) is 7.83. The number of nitrogens with one attached hydrogen (secondary N) is 1. The number of amides is 1. The van der Waals surface area contributed by atoms with Crippen LogP contribution in [0.1, 0.15) is 46.8 Å². The second-order valence-electron chi connectivity index (χ2n) is 6.10. The van der Waals surface area contributed by atoms with E-state index >= 15 is 0 Å². The fourth-order valence-corrected chi connectivity index (χ4v) is 2.55. The van der Waals surface area contributed by atoms with Gasteiger partial charge in [0, 0.05) is 19.6 Å². The largest absolute Gasteiger partial charge is 0.478 e. The van der Waals surface area contributed by atoms with Crippen molar-refractivity contribution in [3.8, 4) is 0 Å². The smallest absolute Gasteiger partial charge is 0.335 e. The maximum Gasteiger partial charge on any atom is 0.335 e. The lowest BCUT2D eigenvalue weighted by Gasteiger charge is -2.11. The number of benzene rings is 2. The standard InChI is InChI=1S/C21H25NO4/c1-2-13-26-15-19-6-4-3-5-18(19)14-22-20(23)12-9-16-7-10-17(11-8-16)21(24)25/h3-8,10-11H,2,9,12-15H2,1H3,(H,22,23)(H,24,25). The molecule has 0 aliphatic carbocycles. The molecule has 0 unspecified atom stereocenters. The Bertz CT molecular complexity index is 725. The summed E-state index contributed by atoms with van der Waals surface area (Å²) in [4.78, 5) is 22.9. The number of hydrogen-bond donors (Lipinski definition) is 2. The molecule has 0 spiro atoms. The van der Waals surface area contributed by atoms with Crippen molar-refractivity contribution in [3.63, 3.8) is 0 Å². The van der Waals surface area contributed by atoms with Gasteiger partial charge in [-0.3, -0.25) is 4.79 Å². The summed E-state index contributed by atoms with van der Waals surface area (Å²) in [7, 11) is 0. The molecule has 0 aromatic heterocycles. The fraction of sp³-hybridized carbons (Fsp3) is 0.333. The van der Waals surface area contributed by atoms with E-state index in [1.165, 1.54) is 0 Å². The minimum Gasteiger partial charge on any atom is -0.478 e. The quantitative estimate of drug-likeness (QED) is 0.639. The molecule has 0 bridgehead atoms. The second kappa shape index (κ2) is 10.4. The van der Waals surface area contributed by atoms with Crippen molar-refractivity contribution in [2.45, 2.75) is 39.3 Å². The topological polar surface area (TPSA) is 75.6 Å². The van der Waals surface area contributed by atoms with Gasteiger partial charge in [0.15, 0.2) is 0 Å². The second-order valence-corrected chi connectivity index (χ2v) is 6.10. The van der Waals surface area contributed by atoms with E-state index in [4.69, 9.17) is 9.84 Å². The Morgan fingerprint density at radius 1 is 1.04 bits per heavy atom. The van der Waals surface area contributed by atoms with Gasteiger partial charge in [0.05, 0.1) is 12.2 Å². The number of carbonyl (C=O) groups excluding carboxylic acids is 1. The van der Waals surface area contributed by atoms with Crippen molar-refractivity contribution >= 4 is 11.9 Å². The van der Waals surface area contributed by atoms with E-state index in [0.29, 0.717) is 26.0 Å². The van der Waals surface area contributed by atoms with E-state index in [1.54, 1.807) is 24.3 Å². The highest BCUT2D eigenvalue weighted by Crippen LogP contribution is 2.11. The van der Waals surface area contributed by atoms with E-state index in [9.17, 15) is 9.59 Å². The lowest BCUT2D eigenvalue weighted by Crippen LogP contribution is -2.23. The molecular weight excluding hydrogens is 330 g/mol. The molecule has 5 heteroatoms. The summed E-state index contributed by atoms with van der Waals surface area (Å²) in [5, 5.41) is 11.8. The monoisotopic (exact) mass is 355 g/mol. The van der Waals surface area contributed by atoms with E-state index in [1.807, 2.05) is 24.3 Å². The molecule has 2 aromatic rings. The minimum atomic E-state index is -0.948. The van der Waals surface area contributed by atoms with Crippen LogP contribution in [0.4, 0.5) is 0 Å². The van der Waals surface area contributed by atoms with Crippen LogP contribution in [0.25, 0.3) is 0 Å². The number of carboxylic acid groups (broad SMARTS) is 1. The van der Waals surface area contributed by atoms with Gasteiger partial charge < -0.3 is 15.2 Å². The molecule has 0 aliphatic rings. The summed E-state index contributed by atoms with van der Waals surface area (Å²) in [6.45, 7) is 3.82. The van der Waals surface area contributed by atoms with Gasteiger partial charge in [-0.1, -0.05) is 43.3 Å². The third-order valence-corrected chi connectivity index (χ3v) is 4.04. The minimum absolute atomic E-state index is 0.0309. The van der Waals surface area contributed by atoms with Crippen molar-refractivity contribution < 1.29 is 19.4 Å². The van der Waals surface area contributed by atoms with Gasteiger partial charge in [-0.05, 0) is 41.7 Å². The summed E-state index contributed by atoms with van der Waals surface area (Å²) in [5.41, 5.74) is 3.34. The lowest BCUT2D eigenvalue weighted by molar-refractivity contribution is -0.121. The van der Waals surface area contributed by atoms with Crippen LogP contribution >= 0.6 is 0 Å². The van der Waals surface area contributed by atoms with Crippen LogP contribution < -0.4 is 5.32 Å². The predicted octanol–water partition coefficient (Wildman–Crippen LogP) is 3.56. The van der Waals surface area contributed by atoms with Crippen LogP contribution in [0.3, 0.4) is 0 Å². The summed E-state index contributed by atoms with van der Waals surface area (Å²) in [6.07, 6.45) is 1.92. The lowest BCUT2D eigenvalue weighted by atomic mass is 10.1. The Morgan fingerprint density at radius 2 is 1.73 bits per heavy atom. The third kappa shape index (κ3) is 6.33. The molecule has 5 nitrogen and oxygen atoms in total. The van der Waals surface area contributed by atoms with E-state index in [-0.39, 0.29) is 11.5 Å². The first-order valence-electron chi connectivity index (χ1n) is 8.83. The molecule has 2 N–H and O–H groups in total. The molecule has 26 heavy (non-hydrogen) atoms. The maximum atomic E-state index is 12.1. The molecule has 2 aromatic carbocycles. The van der Waals surface area contributed by atoms with Crippen molar-refractivity contribution in [1.29, 1.82) is 0 Å². The number of aryl methyl sites for hydroxylation is 1. The van der Waals surface area contributed by atoms with E-state index in [2.05, 4.69) is 12.2 Å². The van der Waals surface area contributed by atoms with Gasteiger partial charge in [-0.25, -0.2) is 4.79 Å². The van der Waals surface area contributed by atoms with Gasteiger partial charge in [0.2, 0.25) is 5.91 Å². The molecule has 0 heterocycles. The average Bonchev–Trinajstić information content (AvgIpc) is 2.66. The van der Waals surface area contributed by atoms with Gasteiger partial charge in [0.1, 0.15) is 0 Å². The van der Waals surface area contributed by atoms with E-state index in [0.717, 1.165) is 29.7 Å². The highest BCUT2D eigenvalue weighted by molar-refractivity contribution is 5.87. The van der Waals surface area contributed by atoms with Crippen LogP contribution in [-0.2, 0) is 29.1 Å². The fourth-order valence-electron chi connectivity index (χ4n) is 2.55. The molecule has 0 radical (unpaired) electrons. The van der Waals surface area contributed by atoms with Crippen molar-refractivity contribution in [2.75, 3.05) is 6.61 Å². The Morgan fingerprint density at radius 3 is 2.38 bits per heavy atom. The number of carboxylic acids is 1. The van der Waals surface area contributed by atoms with Gasteiger partial charge >= 0.3 is 5.97 Å². The number of hydrogen-bond acceptors (Lipinski definition) is 3. The van der Waals surface area contributed by atoms with Crippen molar-refractivity contribution in [1.82, 2.24) is 5.32 Å². The van der Waals surface area contributed by atoms with Gasteiger partial charge in [-0.15, -0.1) is 0 Å². The van der Waals surface area contributed by atoms with Crippen molar-refractivity contribution in [3.05, 3.63) is 70.8 Å². The van der Waals surface area contributed by atoms with Crippen LogP contribution in [0, 0.1) is 0 Å². The molecule has 0 saturated carbocycles. The Hall–Kier alpha value is -2.66. The average molecular weight is 355 g/mol. The maximum absolute atomic E-state index is 12.1. The highest BCUT2D eigenvalue weighted by Gasteiger charge is 2.07. The van der Waals surface area contributed by atoms with Gasteiger partial charge in [-0.2, -0.15) is 0 Å². The molecule has 1 amide bonds. The number of rotatable bonds is 10. The zero-order chi connectivity index (χ0) is 18.8. The summed E-state index contributed by atoms with van der Waals surface area (Å²) >= 11 is 0. The number of carbonyl (C=O) groups is 2. The van der Waals surface area contributed by atoms with Crippen LogP contribution in [0.15, 0.2) is 48.5 Å². The van der Waals surface area contributed by atoms with Gasteiger partial charge in [0.25, 0.3) is 0 Å². The SMILES string of the molecule is CCCOCc1ccccc1CNC(=O)CCc1ccc(C(=O)O)cc1. The normalized spacial score (nSPS) is 10.5. The molecule has 138 valence electrons.